The van der Waals surface area contributed by atoms with Crippen molar-refractivity contribution >= 4 is 0 Å². The van der Waals surface area contributed by atoms with Crippen molar-refractivity contribution in [2.45, 2.75) is 235 Å². The van der Waals surface area contributed by atoms with Crippen LogP contribution >= 0.6 is 0 Å². The highest BCUT2D eigenvalue weighted by molar-refractivity contribution is 5.39. The lowest BCUT2D eigenvalue weighted by molar-refractivity contribution is -0.216. The Hall–Kier alpha value is -0.300. The van der Waals surface area contributed by atoms with Crippen LogP contribution in [0, 0.1) is 16.7 Å². The normalized spacial score (nSPS) is 21.6. The van der Waals surface area contributed by atoms with Crippen LogP contribution in [-0.2, 0) is 4.74 Å². The van der Waals surface area contributed by atoms with Gasteiger partial charge in [-0.05, 0) is 87.5 Å². The van der Waals surface area contributed by atoms with Crippen LogP contribution in [0.2, 0.25) is 0 Å². The molecule has 0 aliphatic heterocycles. The van der Waals surface area contributed by atoms with Gasteiger partial charge >= 0.3 is 0 Å². The van der Waals surface area contributed by atoms with E-state index in [0.717, 1.165) is 12.5 Å². The van der Waals surface area contributed by atoms with Crippen molar-refractivity contribution < 1.29 is 4.74 Å². The van der Waals surface area contributed by atoms with E-state index in [1.54, 1.807) is 0 Å². The van der Waals surface area contributed by atoms with E-state index in [9.17, 15) is 0 Å². The standard InChI is InChI=1S/C42H82O/c1-10-19-28-37-38(29-20-11-2)40(31-22-13-4,32-23-14-5)41(33-24-15-6,34-25-16-7)42(35-26-17-8,43-36-27-18-9)39(37)30-21-12-3/h38H,10-36H2,1-9H3. The number of ether oxygens (including phenoxy) is 1. The van der Waals surface area contributed by atoms with Gasteiger partial charge in [-0.15, -0.1) is 0 Å². The smallest absolute Gasteiger partial charge is 0.0955 e. The zero-order valence-corrected chi connectivity index (χ0v) is 31.6. The van der Waals surface area contributed by atoms with E-state index in [0.29, 0.717) is 5.41 Å². The molecule has 0 radical (unpaired) electrons. The molecule has 0 heterocycles. The van der Waals surface area contributed by atoms with Gasteiger partial charge in [0.15, 0.2) is 0 Å². The molecule has 1 aliphatic rings. The molecule has 0 aromatic heterocycles. The Labute approximate surface area is 273 Å². The molecule has 1 heteroatoms. The fraction of sp³-hybridized carbons (Fsp3) is 0.952. The Morgan fingerprint density at radius 2 is 0.907 bits per heavy atom. The lowest BCUT2D eigenvalue weighted by Crippen LogP contribution is -2.66. The predicted octanol–water partition coefficient (Wildman–Crippen LogP) is 15.0. The highest BCUT2D eigenvalue weighted by Gasteiger charge is 2.67. The molecular formula is C42H82O. The van der Waals surface area contributed by atoms with E-state index in [1.807, 2.05) is 11.1 Å². The third kappa shape index (κ3) is 10.1. The van der Waals surface area contributed by atoms with Gasteiger partial charge < -0.3 is 4.74 Å². The van der Waals surface area contributed by atoms with Crippen LogP contribution in [0.5, 0.6) is 0 Å². The zero-order valence-electron chi connectivity index (χ0n) is 31.6. The second-order valence-electron chi connectivity index (χ2n) is 14.7. The summed E-state index contributed by atoms with van der Waals surface area (Å²) in [6, 6.07) is 0. The van der Waals surface area contributed by atoms with Crippen molar-refractivity contribution in [3.05, 3.63) is 11.1 Å². The summed E-state index contributed by atoms with van der Waals surface area (Å²) in [5.41, 5.74) is 4.33. The maximum atomic E-state index is 7.85. The average molecular weight is 603 g/mol. The summed E-state index contributed by atoms with van der Waals surface area (Å²) >= 11 is 0. The summed E-state index contributed by atoms with van der Waals surface area (Å²) < 4.78 is 7.85. The van der Waals surface area contributed by atoms with E-state index in [1.165, 1.54) is 167 Å². The van der Waals surface area contributed by atoms with Crippen LogP contribution in [0.25, 0.3) is 0 Å². The molecule has 0 N–H and O–H groups in total. The maximum absolute atomic E-state index is 7.85. The molecule has 2 unspecified atom stereocenters. The minimum atomic E-state index is -0.0784. The summed E-state index contributed by atoms with van der Waals surface area (Å²) in [7, 11) is 0. The average Bonchev–Trinajstić information content (AvgIpc) is 3.02. The van der Waals surface area contributed by atoms with Crippen LogP contribution < -0.4 is 0 Å². The largest absolute Gasteiger partial charge is 0.370 e. The minimum absolute atomic E-state index is 0.0784. The molecule has 0 saturated heterocycles. The lowest BCUT2D eigenvalue weighted by atomic mass is 9.38. The van der Waals surface area contributed by atoms with Gasteiger partial charge in [-0.1, -0.05) is 164 Å². The van der Waals surface area contributed by atoms with Gasteiger partial charge in [0.2, 0.25) is 0 Å². The first-order valence-electron chi connectivity index (χ1n) is 20.3. The van der Waals surface area contributed by atoms with E-state index in [-0.39, 0.29) is 11.0 Å². The van der Waals surface area contributed by atoms with Crippen molar-refractivity contribution in [2.24, 2.45) is 16.7 Å². The fourth-order valence-corrected chi connectivity index (χ4v) is 9.52. The molecule has 0 fully saturated rings. The number of hydrogen-bond acceptors (Lipinski definition) is 1. The van der Waals surface area contributed by atoms with Gasteiger partial charge in [0, 0.05) is 12.0 Å². The van der Waals surface area contributed by atoms with Gasteiger partial charge in [0.05, 0.1) is 5.60 Å². The summed E-state index contributed by atoms with van der Waals surface area (Å²) in [5.74, 6) is 0.752. The zero-order chi connectivity index (χ0) is 32.0. The molecule has 2 atom stereocenters. The molecule has 0 amide bonds. The third-order valence-corrected chi connectivity index (χ3v) is 11.7. The molecule has 0 bridgehead atoms. The van der Waals surface area contributed by atoms with Gasteiger partial charge in [0.1, 0.15) is 0 Å². The van der Waals surface area contributed by atoms with Crippen molar-refractivity contribution in [3.63, 3.8) is 0 Å². The first-order valence-corrected chi connectivity index (χ1v) is 20.3. The third-order valence-electron chi connectivity index (χ3n) is 11.7. The number of rotatable bonds is 28. The van der Waals surface area contributed by atoms with Crippen LogP contribution in [-0.4, -0.2) is 12.2 Å². The first kappa shape index (κ1) is 40.7. The second kappa shape index (κ2) is 23.1. The van der Waals surface area contributed by atoms with Gasteiger partial charge in [-0.25, -0.2) is 0 Å². The van der Waals surface area contributed by atoms with Crippen LogP contribution in [0.15, 0.2) is 11.1 Å². The van der Waals surface area contributed by atoms with Crippen molar-refractivity contribution in [1.29, 1.82) is 0 Å². The Morgan fingerprint density at radius 1 is 0.465 bits per heavy atom. The van der Waals surface area contributed by atoms with Crippen molar-refractivity contribution in [2.75, 3.05) is 6.61 Å². The number of unbranched alkanes of at least 4 members (excludes halogenated alkanes) is 9. The SMILES string of the molecule is CCCCOC1(CCCC)C(CCCC)=C(CCCC)C(CCCC)C(CCCC)(CCCC)C1(CCCC)CCCC. The first-order chi connectivity index (χ1) is 21.0. The molecule has 0 aromatic rings. The second-order valence-corrected chi connectivity index (χ2v) is 14.7. The molecule has 1 nitrogen and oxygen atoms in total. The van der Waals surface area contributed by atoms with E-state index < -0.39 is 0 Å². The highest BCUT2D eigenvalue weighted by atomic mass is 16.5. The fourth-order valence-electron chi connectivity index (χ4n) is 9.52. The van der Waals surface area contributed by atoms with Gasteiger partial charge in [-0.2, -0.15) is 0 Å². The Balaban J connectivity index is 4.51. The highest BCUT2D eigenvalue weighted by Crippen LogP contribution is 2.72. The molecule has 0 saturated carbocycles. The van der Waals surface area contributed by atoms with Gasteiger partial charge in [-0.3, -0.25) is 0 Å². The topological polar surface area (TPSA) is 9.23 Å². The Kier molecular flexibility index (Phi) is 21.9. The predicted molar refractivity (Wildman–Crippen MR) is 195 cm³/mol. The van der Waals surface area contributed by atoms with Crippen LogP contribution in [0.3, 0.4) is 0 Å². The van der Waals surface area contributed by atoms with Crippen molar-refractivity contribution in [1.82, 2.24) is 0 Å². The van der Waals surface area contributed by atoms with Crippen LogP contribution in [0.4, 0.5) is 0 Å². The monoisotopic (exact) mass is 603 g/mol. The van der Waals surface area contributed by atoms with E-state index >= 15 is 0 Å². The number of hydrogen-bond donors (Lipinski definition) is 0. The minimum Gasteiger partial charge on any atom is -0.370 e. The molecule has 1 aliphatic carbocycles. The Bertz CT molecular complexity index is 688. The summed E-state index contributed by atoms with van der Waals surface area (Å²) in [6.45, 7) is 22.9. The summed E-state index contributed by atoms with van der Waals surface area (Å²) in [6.07, 6.45) is 34.6. The van der Waals surface area contributed by atoms with E-state index in [2.05, 4.69) is 62.3 Å². The molecule has 43 heavy (non-hydrogen) atoms. The van der Waals surface area contributed by atoms with Crippen molar-refractivity contribution in [3.8, 4) is 0 Å². The maximum Gasteiger partial charge on any atom is 0.0955 e. The van der Waals surface area contributed by atoms with Crippen LogP contribution in [0.1, 0.15) is 229 Å². The molecule has 0 aromatic carbocycles. The number of allylic oxidation sites excluding steroid dienone is 1. The molecule has 256 valence electrons. The van der Waals surface area contributed by atoms with Gasteiger partial charge in [0.25, 0.3) is 0 Å². The Morgan fingerprint density at radius 3 is 1.40 bits per heavy atom. The van der Waals surface area contributed by atoms with E-state index in [4.69, 9.17) is 4.74 Å². The lowest BCUT2D eigenvalue weighted by Gasteiger charge is -2.69. The summed E-state index contributed by atoms with van der Waals surface area (Å²) in [5, 5.41) is 0. The molecule has 0 spiro atoms. The quantitative estimate of drug-likeness (QED) is 0.0639. The summed E-state index contributed by atoms with van der Waals surface area (Å²) in [4.78, 5) is 0. The molecular weight excluding hydrogens is 520 g/mol. The molecule has 1 rings (SSSR count).